The van der Waals surface area contributed by atoms with Gasteiger partial charge in [0.1, 0.15) is 12.1 Å². The number of aromatic nitrogens is 2. The van der Waals surface area contributed by atoms with Crippen LogP contribution < -0.4 is 5.73 Å². The minimum atomic E-state index is -4.96. The van der Waals surface area contributed by atoms with Crippen LogP contribution in [0.15, 0.2) is 77.1 Å². The fourth-order valence-corrected chi connectivity index (χ4v) is 4.17. The number of aliphatic imine (C=N–C) groups is 1. The highest BCUT2D eigenvalue weighted by molar-refractivity contribution is 5.74. The number of benzene rings is 1. The third-order valence-electron chi connectivity index (χ3n) is 5.95. The van der Waals surface area contributed by atoms with Gasteiger partial charge in [0.15, 0.2) is 5.60 Å². The van der Waals surface area contributed by atoms with Crippen molar-refractivity contribution in [3.63, 3.8) is 0 Å². The Bertz CT molecular complexity index is 1180. The van der Waals surface area contributed by atoms with Crippen molar-refractivity contribution < 1.29 is 23.4 Å². The molecular formula is C26H29F3N4O2. The first-order valence-corrected chi connectivity index (χ1v) is 11.0. The second-order valence-corrected chi connectivity index (χ2v) is 9.41. The number of rotatable bonds is 7. The molecule has 1 aliphatic rings. The number of aliphatic hydroxyl groups is 1. The number of phenolic OH excluding ortho intramolecular Hbond substituents is 1. The molecule has 1 aromatic carbocycles. The van der Waals surface area contributed by atoms with Gasteiger partial charge in [-0.1, -0.05) is 26.0 Å². The van der Waals surface area contributed by atoms with Gasteiger partial charge in [-0.15, -0.1) is 0 Å². The van der Waals surface area contributed by atoms with Crippen molar-refractivity contribution in [1.29, 1.82) is 0 Å². The Morgan fingerprint density at radius 1 is 1.14 bits per heavy atom. The standard InChI is InChI=1S/C26H29F3N4O2/c1-17-4-5-18(8-9-33-17)10-21(30)12-25(35,26(27,28)29)15-24(2,3)22-11-19(6-7-23(22)34)20-13-31-16-32-14-20/h4,6-11,13-14,16,34-35H,5,12,15,30H2,1-3H3/b21-10-. The van der Waals surface area contributed by atoms with Crippen molar-refractivity contribution >= 4 is 6.21 Å². The molecule has 0 saturated heterocycles. The number of nitrogens with zero attached hydrogens (tertiary/aromatic N) is 3. The van der Waals surface area contributed by atoms with Gasteiger partial charge in [-0.2, -0.15) is 13.2 Å². The summed E-state index contributed by atoms with van der Waals surface area (Å²) >= 11 is 0. The van der Waals surface area contributed by atoms with Crippen molar-refractivity contribution in [1.82, 2.24) is 9.97 Å². The molecule has 0 saturated carbocycles. The predicted octanol–water partition coefficient (Wildman–Crippen LogP) is 5.35. The van der Waals surface area contributed by atoms with E-state index in [1.54, 1.807) is 50.7 Å². The number of aromatic hydroxyl groups is 1. The molecule has 9 heteroatoms. The second kappa shape index (κ2) is 10.0. The average Bonchev–Trinajstić information content (AvgIpc) is 2.97. The van der Waals surface area contributed by atoms with Crippen LogP contribution in [-0.4, -0.2) is 38.2 Å². The van der Waals surface area contributed by atoms with E-state index in [4.69, 9.17) is 5.73 Å². The van der Waals surface area contributed by atoms with E-state index in [-0.39, 0.29) is 17.0 Å². The van der Waals surface area contributed by atoms with Gasteiger partial charge in [0.2, 0.25) is 0 Å². The summed E-state index contributed by atoms with van der Waals surface area (Å²) in [7, 11) is 0. The maximum Gasteiger partial charge on any atom is 0.417 e. The van der Waals surface area contributed by atoms with E-state index in [2.05, 4.69) is 15.0 Å². The fraction of sp³-hybridized carbons (Fsp3) is 0.346. The smallest absolute Gasteiger partial charge is 0.417 e. The molecule has 1 atom stereocenters. The molecule has 0 aliphatic carbocycles. The SMILES string of the molecule is CC1=CCC(/C=C(\N)CC(O)(CC(C)(C)c2cc(-c3cncnc3)ccc2O)C(F)(F)F)=CC=N1. The van der Waals surface area contributed by atoms with E-state index >= 15 is 0 Å². The van der Waals surface area contributed by atoms with E-state index in [1.165, 1.54) is 18.5 Å². The number of allylic oxidation sites excluding steroid dienone is 5. The molecule has 2 heterocycles. The Labute approximate surface area is 202 Å². The lowest BCUT2D eigenvalue weighted by Crippen LogP contribution is -2.50. The highest BCUT2D eigenvalue weighted by Gasteiger charge is 2.56. The third kappa shape index (κ3) is 6.36. The molecular weight excluding hydrogens is 457 g/mol. The summed E-state index contributed by atoms with van der Waals surface area (Å²) in [5, 5.41) is 21.4. The molecule has 1 unspecified atom stereocenters. The Morgan fingerprint density at radius 2 is 1.83 bits per heavy atom. The second-order valence-electron chi connectivity index (χ2n) is 9.41. The molecule has 0 bridgehead atoms. The van der Waals surface area contributed by atoms with Gasteiger partial charge < -0.3 is 15.9 Å². The zero-order valence-electron chi connectivity index (χ0n) is 19.8. The monoisotopic (exact) mass is 486 g/mol. The number of nitrogens with two attached hydrogens (primary N) is 1. The van der Waals surface area contributed by atoms with Gasteiger partial charge in [-0.25, -0.2) is 9.97 Å². The first-order valence-electron chi connectivity index (χ1n) is 11.0. The summed E-state index contributed by atoms with van der Waals surface area (Å²) in [5.74, 6) is -0.173. The van der Waals surface area contributed by atoms with Crippen molar-refractivity contribution in [2.75, 3.05) is 0 Å². The van der Waals surface area contributed by atoms with E-state index in [1.807, 2.05) is 13.0 Å². The van der Waals surface area contributed by atoms with Crippen molar-refractivity contribution in [2.24, 2.45) is 10.7 Å². The fourth-order valence-electron chi connectivity index (χ4n) is 4.17. The van der Waals surface area contributed by atoms with Crippen LogP contribution in [-0.2, 0) is 5.41 Å². The molecule has 186 valence electrons. The molecule has 2 aromatic rings. The van der Waals surface area contributed by atoms with Crippen LogP contribution >= 0.6 is 0 Å². The number of hydrogen-bond acceptors (Lipinski definition) is 6. The van der Waals surface area contributed by atoms with Gasteiger partial charge in [0.25, 0.3) is 0 Å². The first-order chi connectivity index (χ1) is 16.3. The summed E-state index contributed by atoms with van der Waals surface area (Å²) in [6.45, 7) is 4.91. The average molecular weight is 487 g/mol. The van der Waals surface area contributed by atoms with Crippen LogP contribution in [0.4, 0.5) is 13.2 Å². The van der Waals surface area contributed by atoms with Crippen LogP contribution in [0.5, 0.6) is 5.75 Å². The van der Waals surface area contributed by atoms with Gasteiger partial charge in [0.05, 0.1) is 0 Å². The molecule has 3 rings (SSSR count). The lowest BCUT2D eigenvalue weighted by Gasteiger charge is -2.38. The van der Waals surface area contributed by atoms with Gasteiger partial charge in [-0.3, -0.25) is 4.99 Å². The van der Waals surface area contributed by atoms with Crippen LogP contribution in [0.3, 0.4) is 0 Å². The molecule has 0 amide bonds. The summed E-state index contributed by atoms with van der Waals surface area (Å²) in [6, 6.07) is 4.63. The van der Waals surface area contributed by atoms with E-state index in [0.29, 0.717) is 23.1 Å². The summed E-state index contributed by atoms with van der Waals surface area (Å²) < 4.78 is 42.6. The molecule has 0 spiro atoms. The van der Waals surface area contributed by atoms with Gasteiger partial charge >= 0.3 is 6.18 Å². The first kappa shape index (κ1) is 26.2. The Kier molecular flexibility index (Phi) is 7.50. The largest absolute Gasteiger partial charge is 0.508 e. The quantitative estimate of drug-likeness (QED) is 0.490. The maximum atomic E-state index is 14.2. The van der Waals surface area contributed by atoms with E-state index in [0.717, 1.165) is 5.70 Å². The van der Waals surface area contributed by atoms with E-state index in [9.17, 15) is 23.4 Å². The Morgan fingerprint density at radius 3 is 2.49 bits per heavy atom. The van der Waals surface area contributed by atoms with Crippen molar-refractivity contribution in [3.8, 4) is 16.9 Å². The molecule has 6 nitrogen and oxygen atoms in total. The van der Waals surface area contributed by atoms with Crippen LogP contribution in [0.1, 0.15) is 45.6 Å². The molecule has 1 aliphatic heterocycles. The minimum Gasteiger partial charge on any atom is -0.508 e. The summed E-state index contributed by atoms with van der Waals surface area (Å²) in [5.41, 5.74) is 4.50. The highest BCUT2D eigenvalue weighted by Crippen LogP contribution is 2.46. The number of alkyl halides is 3. The maximum absolute atomic E-state index is 14.2. The number of phenols is 1. The number of hydrogen-bond donors (Lipinski definition) is 3. The zero-order chi connectivity index (χ0) is 25.9. The topological polar surface area (TPSA) is 105 Å². The van der Waals surface area contributed by atoms with Crippen LogP contribution in [0.2, 0.25) is 0 Å². The Balaban J connectivity index is 1.92. The molecule has 4 N–H and O–H groups in total. The van der Waals surface area contributed by atoms with Gasteiger partial charge in [-0.05, 0) is 60.6 Å². The molecule has 0 radical (unpaired) electrons. The third-order valence-corrected chi connectivity index (χ3v) is 5.95. The molecule has 35 heavy (non-hydrogen) atoms. The van der Waals surface area contributed by atoms with Crippen molar-refractivity contribution in [3.05, 3.63) is 77.7 Å². The number of halogens is 3. The lowest BCUT2D eigenvalue weighted by molar-refractivity contribution is -0.266. The lowest BCUT2D eigenvalue weighted by atomic mass is 9.72. The van der Waals surface area contributed by atoms with Crippen LogP contribution in [0.25, 0.3) is 11.1 Å². The highest BCUT2D eigenvalue weighted by atomic mass is 19.4. The zero-order valence-corrected chi connectivity index (χ0v) is 19.8. The minimum absolute atomic E-state index is 0.104. The summed E-state index contributed by atoms with van der Waals surface area (Å²) in [4.78, 5) is 12.1. The normalized spacial score (nSPS) is 16.8. The van der Waals surface area contributed by atoms with Crippen molar-refractivity contribution in [2.45, 2.75) is 57.2 Å². The predicted molar refractivity (Wildman–Crippen MR) is 130 cm³/mol. The van der Waals surface area contributed by atoms with E-state index < -0.39 is 30.0 Å². The summed E-state index contributed by atoms with van der Waals surface area (Å²) in [6.07, 6.45) is 4.98. The molecule has 0 fully saturated rings. The van der Waals surface area contributed by atoms with Crippen LogP contribution in [0, 0.1) is 0 Å². The Hall–Kier alpha value is -3.46. The van der Waals surface area contributed by atoms with Gasteiger partial charge in [0, 0.05) is 47.6 Å². The molecule has 1 aromatic heterocycles.